The smallest absolute Gasteiger partial charge is 0.382 e. The largest absolute Gasteiger partial charge is 0.390 e. The van der Waals surface area contributed by atoms with Gasteiger partial charge in [0.2, 0.25) is 0 Å². The molecule has 1 atom stereocenters. The van der Waals surface area contributed by atoms with E-state index in [4.69, 9.17) is 10.5 Å². The lowest BCUT2D eigenvalue weighted by Gasteiger charge is -2.13. The Labute approximate surface area is 69.9 Å². The first-order valence-electron chi connectivity index (χ1n) is 3.85. The standard InChI is InChI=1S/C7H14F3NO/c1-2-12-4-3-6(11)5-7(8,9)10/h6H,2-5,11H2,1H3. The van der Waals surface area contributed by atoms with Gasteiger partial charge >= 0.3 is 6.18 Å². The second-order valence-electron chi connectivity index (χ2n) is 2.56. The van der Waals surface area contributed by atoms with Gasteiger partial charge in [-0.3, -0.25) is 0 Å². The fourth-order valence-electron chi connectivity index (χ4n) is 0.778. The molecule has 2 N–H and O–H groups in total. The summed E-state index contributed by atoms with van der Waals surface area (Å²) in [6.45, 7) is 2.60. The Kier molecular flexibility index (Phi) is 5.24. The van der Waals surface area contributed by atoms with E-state index in [-0.39, 0.29) is 6.42 Å². The first-order valence-corrected chi connectivity index (χ1v) is 3.85. The molecule has 0 aliphatic rings. The summed E-state index contributed by atoms with van der Waals surface area (Å²) in [6.07, 6.45) is -4.83. The summed E-state index contributed by atoms with van der Waals surface area (Å²) >= 11 is 0. The van der Waals surface area contributed by atoms with Crippen molar-refractivity contribution in [3.8, 4) is 0 Å². The van der Waals surface area contributed by atoms with Gasteiger partial charge in [-0.1, -0.05) is 0 Å². The van der Waals surface area contributed by atoms with Crippen molar-refractivity contribution in [1.82, 2.24) is 0 Å². The predicted molar refractivity (Wildman–Crippen MR) is 39.8 cm³/mol. The molecule has 0 spiro atoms. The van der Waals surface area contributed by atoms with Crippen molar-refractivity contribution in [2.24, 2.45) is 5.73 Å². The molecule has 0 saturated carbocycles. The Bertz CT molecular complexity index is 116. The first-order chi connectivity index (χ1) is 5.45. The number of hydrogen-bond acceptors (Lipinski definition) is 2. The van der Waals surface area contributed by atoms with Crippen molar-refractivity contribution in [2.75, 3.05) is 13.2 Å². The van der Waals surface area contributed by atoms with Crippen LogP contribution in [0.1, 0.15) is 19.8 Å². The molecule has 0 bridgehead atoms. The maximum absolute atomic E-state index is 11.7. The van der Waals surface area contributed by atoms with Crippen molar-refractivity contribution in [3.63, 3.8) is 0 Å². The molecule has 1 unspecified atom stereocenters. The SMILES string of the molecule is CCOCCC(N)CC(F)(F)F. The van der Waals surface area contributed by atoms with E-state index >= 15 is 0 Å². The zero-order chi connectivity index (χ0) is 9.61. The summed E-state index contributed by atoms with van der Waals surface area (Å²) in [5, 5.41) is 0. The second kappa shape index (κ2) is 5.37. The summed E-state index contributed by atoms with van der Waals surface area (Å²) < 4.78 is 40.0. The third-order valence-corrected chi connectivity index (χ3v) is 1.33. The van der Waals surface area contributed by atoms with Gasteiger partial charge in [0.25, 0.3) is 0 Å². The van der Waals surface area contributed by atoms with Crippen molar-refractivity contribution in [1.29, 1.82) is 0 Å². The molecule has 12 heavy (non-hydrogen) atoms. The number of ether oxygens (including phenoxy) is 1. The average Bonchev–Trinajstić information content (AvgIpc) is 1.84. The van der Waals surface area contributed by atoms with E-state index in [1.165, 1.54) is 0 Å². The van der Waals surface area contributed by atoms with Crippen LogP contribution in [0.3, 0.4) is 0 Å². The highest BCUT2D eigenvalue weighted by Crippen LogP contribution is 2.21. The lowest BCUT2D eigenvalue weighted by molar-refractivity contribution is -0.138. The fraction of sp³-hybridized carbons (Fsp3) is 1.00. The molecule has 2 nitrogen and oxygen atoms in total. The fourth-order valence-corrected chi connectivity index (χ4v) is 0.778. The number of hydrogen-bond donors (Lipinski definition) is 1. The monoisotopic (exact) mass is 185 g/mol. The third-order valence-electron chi connectivity index (χ3n) is 1.33. The van der Waals surface area contributed by atoms with Gasteiger partial charge in [-0.15, -0.1) is 0 Å². The van der Waals surface area contributed by atoms with E-state index in [2.05, 4.69) is 0 Å². The number of rotatable bonds is 5. The number of nitrogens with two attached hydrogens (primary N) is 1. The van der Waals surface area contributed by atoms with Gasteiger partial charge in [0.05, 0.1) is 6.42 Å². The van der Waals surface area contributed by atoms with E-state index < -0.39 is 18.6 Å². The van der Waals surface area contributed by atoms with E-state index in [0.29, 0.717) is 13.2 Å². The predicted octanol–water partition coefficient (Wildman–Crippen LogP) is 1.69. The maximum Gasteiger partial charge on any atom is 0.390 e. The minimum Gasteiger partial charge on any atom is -0.382 e. The highest BCUT2D eigenvalue weighted by molar-refractivity contribution is 4.65. The van der Waals surface area contributed by atoms with E-state index in [1.807, 2.05) is 0 Å². The summed E-state index contributed by atoms with van der Waals surface area (Å²) in [4.78, 5) is 0. The van der Waals surface area contributed by atoms with Crippen molar-refractivity contribution in [2.45, 2.75) is 32.0 Å². The van der Waals surface area contributed by atoms with Crippen LogP contribution in [-0.2, 0) is 4.74 Å². The first kappa shape index (κ1) is 11.7. The van der Waals surface area contributed by atoms with Gasteiger partial charge in [-0.25, -0.2) is 0 Å². The molecule has 5 heteroatoms. The molecule has 0 fully saturated rings. The van der Waals surface area contributed by atoms with Crippen LogP contribution in [0.25, 0.3) is 0 Å². The second-order valence-corrected chi connectivity index (χ2v) is 2.56. The molecule has 0 saturated heterocycles. The van der Waals surface area contributed by atoms with Gasteiger partial charge in [0, 0.05) is 19.3 Å². The third kappa shape index (κ3) is 7.81. The highest BCUT2D eigenvalue weighted by Gasteiger charge is 2.29. The maximum atomic E-state index is 11.7. The number of halogens is 3. The topological polar surface area (TPSA) is 35.2 Å². The van der Waals surface area contributed by atoms with Crippen LogP contribution >= 0.6 is 0 Å². The van der Waals surface area contributed by atoms with Crippen molar-refractivity contribution < 1.29 is 17.9 Å². The van der Waals surface area contributed by atoms with Gasteiger partial charge in [-0.05, 0) is 13.3 Å². The van der Waals surface area contributed by atoms with Gasteiger partial charge in [0.1, 0.15) is 0 Å². The quantitative estimate of drug-likeness (QED) is 0.661. The molecule has 0 aromatic heterocycles. The van der Waals surface area contributed by atoms with E-state index in [1.54, 1.807) is 6.92 Å². The molecular weight excluding hydrogens is 171 g/mol. The molecule has 0 radical (unpaired) electrons. The Hall–Kier alpha value is -0.290. The van der Waals surface area contributed by atoms with Crippen LogP contribution in [0.5, 0.6) is 0 Å². The Balaban J connectivity index is 3.40. The van der Waals surface area contributed by atoms with Crippen LogP contribution in [0.2, 0.25) is 0 Å². The minimum atomic E-state index is -4.16. The zero-order valence-electron chi connectivity index (χ0n) is 7.03. The Morgan fingerprint density at radius 2 is 2.00 bits per heavy atom. The molecule has 74 valence electrons. The molecule has 0 rings (SSSR count). The van der Waals surface area contributed by atoms with E-state index in [9.17, 15) is 13.2 Å². The summed E-state index contributed by atoms with van der Waals surface area (Å²) in [6, 6.07) is -0.837. The normalized spacial score (nSPS) is 14.8. The van der Waals surface area contributed by atoms with Crippen LogP contribution in [0, 0.1) is 0 Å². The average molecular weight is 185 g/mol. The lowest BCUT2D eigenvalue weighted by Crippen LogP contribution is -2.28. The minimum absolute atomic E-state index is 0.257. The van der Waals surface area contributed by atoms with Crippen LogP contribution in [-0.4, -0.2) is 25.4 Å². The van der Waals surface area contributed by atoms with Crippen molar-refractivity contribution in [3.05, 3.63) is 0 Å². The molecule has 0 aliphatic heterocycles. The lowest BCUT2D eigenvalue weighted by atomic mass is 10.1. The van der Waals surface area contributed by atoms with Gasteiger partial charge in [0.15, 0.2) is 0 Å². The van der Waals surface area contributed by atoms with Gasteiger partial charge in [-0.2, -0.15) is 13.2 Å². The molecule has 0 heterocycles. The Morgan fingerprint density at radius 3 is 2.42 bits per heavy atom. The molecular formula is C7H14F3NO. The molecule has 0 aromatic carbocycles. The number of alkyl halides is 3. The van der Waals surface area contributed by atoms with E-state index in [0.717, 1.165) is 0 Å². The molecule has 0 aromatic rings. The summed E-state index contributed by atoms with van der Waals surface area (Å²) in [5.41, 5.74) is 5.20. The van der Waals surface area contributed by atoms with Crippen LogP contribution < -0.4 is 5.73 Å². The van der Waals surface area contributed by atoms with Crippen molar-refractivity contribution >= 4 is 0 Å². The Morgan fingerprint density at radius 1 is 1.42 bits per heavy atom. The zero-order valence-corrected chi connectivity index (χ0v) is 7.03. The summed E-state index contributed by atoms with van der Waals surface area (Å²) in [5.74, 6) is 0. The molecule has 0 amide bonds. The molecule has 0 aliphatic carbocycles. The van der Waals surface area contributed by atoms with Gasteiger partial charge < -0.3 is 10.5 Å². The summed E-state index contributed by atoms with van der Waals surface area (Å²) in [7, 11) is 0. The van der Waals surface area contributed by atoms with Crippen LogP contribution in [0.4, 0.5) is 13.2 Å². The highest BCUT2D eigenvalue weighted by atomic mass is 19.4. The van der Waals surface area contributed by atoms with Crippen LogP contribution in [0.15, 0.2) is 0 Å².